The number of benzene rings is 2. The molecule has 2 N–H and O–H groups in total. The van der Waals surface area contributed by atoms with E-state index < -0.39 is 5.91 Å². The fourth-order valence-corrected chi connectivity index (χ4v) is 2.11. The molecule has 0 spiro atoms. The number of anilines is 2. The molecule has 0 unspecified atom stereocenters. The van der Waals surface area contributed by atoms with Crippen molar-refractivity contribution in [1.29, 1.82) is 0 Å². The molecule has 2 aromatic carbocycles. The van der Waals surface area contributed by atoms with Crippen molar-refractivity contribution in [1.82, 2.24) is 10.2 Å². The Morgan fingerprint density at radius 1 is 0.960 bits per heavy atom. The molecular formula is C17H13ClN4O3. The molecule has 126 valence electrons. The molecule has 0 aliphatic heterocycles. The number of hydrogen-bond donors (Lipinski definition) is 2. The molecule has 25 heavy (non-hydrogen) atoms. The smallest absolute Gasteiger partial charge is 0.322 e. The van der Waals surface area contributed by atoms with Crippen molar-refractivity contribution in [2.75, 3.05) is 16.5 Å². The number of alkyl halides is 1. The first-order chi connectivity index (χ1) is 12.2. The lowest BCUT2D eigenvalue weighted by Crippen LogP contribution is -2.14. The summed E-state index contributed by atoms with van der Waals surface area (Å²) in [5.74, 6) is -0.546. The van der Waals surface area contributed by atoms with Gasteiger partial charge in [-0.05, 0) is 36.4 Å². The molecule has 3 rings (SSSR count). The van der Waals surface area contributed by atoms with Crippen LogP contribution < -0.4 is 10.6 Å². The lowest BCUT2D eigenvalue weighted by atomic mass is 10.2. The molecule has 0 radical (unpaired) electrons. The average molecular weight is 357 g/mol. The molecule has 3 aromatic rings. The van der Waals surface area contributed by atoms with Crippen molar-refractivity contribution in [2.45, 2.75) is 0 Å². The molecule has 0 fully saturated rings. The molecule has 0 aliphatic carbocycles. The van der Waals surface area contributed by atoms with Crippen LogP contribution in [0.15, 0.2) is 59.0 Å². The van der Waals surface area contributed by atoms with E-state index in [1.807, 2.05) is 30.3 Å². The van der Waals surface area contributed by atoms with E-state index in [1.54, 1.807) is 24.3 Å². The first-order valence-corrected chi connectivity index (χ1v) is 7.85. The summed E-state index contributed by atoms with van der Waals surface area (Å²) in [5, 5.41) is 12.8. The van der Waals surface area contributed by atoms with E-state index in [1.165, 1.54) is 0 Å². The van der Waals surface area contributed by atoms with Crippen molar-refractivity contribution < 1.29 is 14.0 Å². The summed E-state index contributed by atoms with van der Waals surface area (Å²) in [6.45, 7) is 0. The molecule has 1 heterocycles. The maximum absolute atomic E-state index is 12.2. The van der Waals surface area contributed by atoms with E-state index in [0.29, 0.717) is 17.1 Å². The third-order valence-corrected chi connectivity index (χ3v) is 3.46. The van der Waals surface area contributed by atoms with Crippen LogP contribution >= 0.6 is 11.6 Å². The molecule has 0 saturated carbocycles. The molecule has 2 amide bonds. The number of rotatable bonds is 5. The zero-order valence-electron chi connectivity index (χ0n) is 12.9. The summed E-state index contributed by atoms with van der Waals surface area (Å²) in [5.41, 5.74) is 1.68. The monoisotopic (exact) mass is 356 g/mol. The Balaban J connectivity index is 1.66. The summed E-state index contributed by atoms with van der Waals surface area (Å²) in [6.07, 6.45) is 0. The molecular weight excluding hydrogens is 344 g/mol. The summed E-state index contributed by atoms with van der Waals surface area (Å²) in [6, 6.07) is 15.6. The van der Waals surface area contributed by atoms with Crippen LogP contribution in [-0.2, 0) is 4.79 Å². The zero-order valence-corrected chi connectivity index (χ0v) is 13.7. The highest BCUT2D eigenvalue weighted by atomic mass is 35.5. The van der Waals surface area contributed by atoms with Gasteiger partial charge in [-0.3, -0.25) is 14.9 Å². The number of aromatic nitrogens is 2. The van der Waals surface area contributed by atoms with Gasteiger partial charge >= 0.3 is 6.01 Å². The average Bonchev–Trinajstić information content (AvgIpc) is 3.11. The number of amides is 2. The highest BCUT2D eigenvalue weighted by Crippen LogP contribution is 2.19. The molecule has 0 bridgehead atoms. The number of hydrogen-bond acceptors (Lipinski definition) is 5. The Bertz CT molecular complexity index is 878. The van der Waals surface area contributed by atoms with Gasteiger partial charge in [-0.15, -0.1) is 16.7 Å². The van der Waals surface area contributed by atoms with Gasteiger partial charge in [0.15, 0.2) is 0 Å². The number of carbonyl (C=O) groups is 2. The zero-order chi connectivity index (χ0) is 17.6. The van der Waals surface area contributed by atoms with Crippen LogP contribution in [0.5, 0.6) is 0 Å². The predicted octanol–water partition coefficient (Wildman–Crippen LogP) is 3.17. The van der Waals surface area contributed by atoms with Gasteiger partial charge in [-0.2, -0.15) is 0 Å². The Hall–Kier alpha value is -3.19. The van der Waals surface area contributed by atoms with Gasteiger partial charge in [0.1, 0.15) is 5.88 Å². The summed E-state index contributed by atoms with van der Waals surface area (Å²) < 4.78 is 5.43. The first-order valence-electron chi connectivity index (χ1n) is 7.32. The van der Waals surface area contributed by atoms with Gasteiger partial charge < -0.3 is 9.73 Å². The molecule has 0 saturated heterocycles. The largest absolute Gasteiger partial charge is 0.403 e. The third kappa shape index (κ3) is 4.21. The highest BCUT2D eigenvalue weighted by molar-refractivity contribution is 6.29. The van der Waals surface area contributed by atoms with Crippen LogP contribution in [0.1, 0.15) is 10.4 Å². The van der Waals surface area contributed by atoms with E-state index in [-0.39, 0.29) is 17.8 Å². The lowest BCUT2D eigenvalue weighted by molar-refractivity contribution is -0.113. The van der Waals surface area contributed by atoms with Gasteiger partial charge in [0.05, 0.1) is 0 Å². The SMILES string of the molecule is O=C(CCl)Nc1ccc(C(=O)Nc2nnc(-c3ccccc3)o2)cc1. The van der Waals surface area contributed by atoms with Crippen LogP contribution in [0.25, 0.3) is 11.5 Å². The third-order valence-electron chi connectivity index (χ3n) is 3.22. The number of nitrogens with zero attached hydrogens (tertiary/aromatic N) is 2. The van der Waals surface area contributed by atoms with Crippen molar-refractivity contribution in [2.24, 2.45) is 0 Å². The second-order valence-electron chi connectivity index (χ2n) is 4.99. The van der Waals surface area contributed by atoms with E-state index >= 15 is 0 Å². The Morgan fingerprint density at radius 3 is 2.36 bits per heavy atom. The number of carbonyl (C=O) groups excluding carboxylic acids is 2. The highest BCUT2D eigenvalue weighted by Gasteiger charge is 2.12. The van der Waals surface area contributed by atoms with E-state index in [9.17, 15) is 9.59 Å². The van der Waals surface area contributed by atoms with Crippen LogP contribution in [0.3, 0.4) is 0 Å². The maximum Gasteiger partial charge on any atom is 0.322 e. The number of nitrogens with one attached hydrogen (secondary N) is 2. The predicted molar refractivity (Wildman–Crippen MR) is 93.5 cm³/mol. The van der Waals surface area contributed by atoms with Crippen LogP contribution in [-0.4, -0.2) is 27.9 Å². The topological polar surface area (TPSA) is 97.1 Å². The maximum atomic E-state index is 12.2. The van der Waals surface area contributed by atoms with Gasteiger partial charge in [0.2, 0.25) is 11.8 Å². The van der Waals surface area contributed by atoms with Crippen molar-refractivity contribution in [3.8, 4) is 11.5 Å². The van der Waals surface area contributed by atoms with E-state index in [0.717, 1.165) is 5.56 Å². The van der Waals surface area contributed by atoms with Gasteiger partial charge in [-0.25, -0.2) is 0 Å². The minimum Gasteiger partial charge on any atom is -0.403 e. The second kappa shape index (κ2) is 7.59. The van der Waals surface area contributed by atoms with Crippen molar-refractivity contribution in [3.63, 3.8) is 0 Å². The summed E-state index contributed by atoms with van der Waals surface area (Å²) in [4.78, 5) is 23.4. The molecule has 1 aromatic heterocycles. The molecule has 0 aliphatic rings. The minimum atomic E-state index is -0.404. The van der Waals surface area contributed by atoms with Gasteiger partial charge in [0, 0.05) is 16.8 Å². The van der Waals surface area contributed by atoms with Crippen molar-refractivity contribution >= 4 is 35.1 Å². The van der Waals surface area contributed by atoms with Crippen LogP contribution in [0.4, 0.5) is 11.7 Å². The quantitative estimate of drug-likeness (QED) is 0.684. The van der Waals surface area contributed by atoms with E-state index in [2.05, 4.69) is 20.8 Å². The fraction of sp³-hybridized carbons (Fsp3) is 0.0588. The minimum absolute atomic E-state index is 0.00312. The number of halogens is 1. The Labute approximate surface area is 148 Å². The van der Waals surface area contributed by atoms with Crippen molar-refractivity contribution in [3.05, 3.63) is 60.2 Å². The standard InChI is InChI=1S/C17H13ClN4O3/c18-10-14(23)19-13-8-6-11(7-9-13)15(24)20-17-22-21-16(25-17)12-4-2-1-3-5-12/h1-9H,10H2,(H,19,23)(H,20,22,24). The summed E-state index contributed by atoms with van der Waals surface area (Å²) in [7, 11) is 0. The molecule has 8 heteroatoms. The first kappa shape index (κ1) is 16.7. The van der Waals surface area contributed by atoms with Gasteiger partial charge in [-0.1, -0.05) is 23.3 Å². The fourth-order valence-electron chi connectivity index (χ4n) is 2.04. The van der Waals surface area contributed by atoms with Crippen LogP contribution in [0.2, 0.25) is 0 Å². The summed E-state index contributed by atoms with van der Waals surface area (Å²) >= 11 is 5.42. The lowest BCUT2D eigenvalue weighted by Gasteiger charge is -2.04. The second-order valence-corrected chi connectivity index (χ2v) is 5.26. The van der Waals surface area contributed by atoms with Gasteiger partial charge in [0.25, 0.3) is 5.91 Å². The van der Waals surface area contributed by atoms with Crippen LogP contribution in [0, 0.1) is 0 Å². The van der Waals surface area contributed by atoms with E-state index in [4.69, 9.17) is 16.0 Å². The molecule has 7 nitrogen and oxygen atoms in total. The normalized spacial score (nSPS) is 10.3. The molecule has 0 atom stereocenters. The Morgan fingerprint density at radius 2 is 1.68 bits per heavy atom. The Kier molecular flexibility index (Phi) is 5.06.